The molecule has 0 aliphatic rings. The molecule has 2 rings (SSSR count). The molecule has 0 bridgehead atoms. The van der Waals surface area contributed by atoms with Gasteiger partial charge in [0.2, 0.25) is 0 Å². The molecular weight excluding hydrogens is 256 g/mol. The SMILES string of the molecule is Cc1ccc(S(=O)(=O)Nc2nc(C)cs2)cc1. The van der Waals surface area contributed by atoms with Gasteiger partial charge in [0.25, 0.3) is 10.0 Å². The van der Waals surface area contributed by atoms with Gasteiger partial charge in [-0.2, -0.15) is 0 Å². The average Bonchev–Trinajstić information content (AvgIpc) is 2.63. The molecule has 0 saturated heterocycles. The molecule has 4 nitrogen and oxygen atoms in total. The van der Waals surface area contributed by atoms with Crippen molar-refractivity contribution in [3.63, 3.8) is 0 Å². The van der Waals surface area contributed by atoms with E-state index in [1.165, 1.54) is 11.3 Å². The number of benzene rings is 1. The van der Waals surface area contributed by atoms with Crippen LogP contribution in [-0.4, -0.2) is 13.4 Å². The highest BCUT2D eigenvalue weighted by Crippen LogP contribution is 2.19. The fraction of sp³-hybridized carbons (Fsp3) is 0.182. The van der Waals surface area contributed by atoms with E-state index in [1.807, 2.05) is 13.8 Å². The van der Waals surface area contributed by atoms with Crippen molar-refractivity contribution in [3.05, 3.63) is 40.9 Å². The van der Waals surface area contributed by atoms with Crippen LogP contribution in [0.15, 0.2) is 34.5 Å². The van der Waals surface area contributed by atoms with Crippen LogP contribution in [0.4, 0.5) is 5.13 Å². The minimum absolute atomic E-state index is 0.246. The molecule has 1 aromatic carbocycles. The number of nitrogens with zero attached hydrogens (tertiary/aromatic N) is 1. The molecule has 1 N–H and O–H groups in total. The molecule has 0 saturated carbocycles. The van der Waals surface area contributed by atoms with Crippen LogP contribution >= 0.6 is 11.3 Å². The number of aromatic nitrogens is 1. The Morgan fingerprint density at radius 1 is 1.18 bits per heavy atom. The lowest BCUT2D eigenvalue weighted by Gasteiger charge is -2.05. The Balaban J connectivity index is 2.28. The summed E-state index contributed by atoms with van der Waals surface area (Å²) in [5.41, 5.74) is 1.82. The summed E-state index contributed by atoms with van der Waals surface area (Å²) in [7, 11) is -3.52. The van der Waals surface area contributed by atoms with Gasteiger partial charge < -0.3 is 0 Å². The number of nitrogens with one attached hydrogen (secondary N) is 1. The minimum atomic E-state index is -3.52. The van der Waals surface area contributed by atoms with Gasteiger partial charge in [-0.05, 0) is 26.0 Å². The van der Waals surface area contributed by atoms with E-state index in [0.29, 0.717) is 5.13 Å². The standard InChI is InChI=1S/C11H12N2O2S2/c1-8-3-5-10(6-4-8)17(14,15)13-11-12-9(2)7-16-11/h3-7H,1-2H3,(H,12,13). The van der Waals surface area contributed by atoms with Crippen LogP contribution in [0.1, 0.15) is 11.3 Å². The van der Waals surface area contributed by atoms with E-state index in [9.17, 15) is 8.42 Å². The van der Waals surface area contributed by atoms with Crippen LogP contribution in [0.5, 0.6) is 0 Å². The zero-order chi connectivity index (χ0) is 12.5. The van der Waals surface area contributed by atoms with E-state index in [-0.39, 0.29) is 4.90 Å². The van der Waals surface area contributed by atoms with E-state index in [0.717, 1.165) is 11.3 Å². The number of sulfonamides is 1. The lowest BCUT2D eigenvalue weighted by molar-refractivity contribution is 0.601. The fourth-order valence-electron chi connectivity index (χ4n) is 1.29. The Morgan fingerprint density at radius 2 is 1.82 bits per heavy atom. The maximum Gasteiger partial charge on any atom is 0.263 e. The Labute approximate surface area is 104 Å². The fourth-order valence-corrected chi connectivity index (χ4v) is 3.23. The lowest BCUT2D eigenvalue weighted by atomic mass is 10.2. The molecule has 17 heavy (non-hydrogen) atoms. The Bertz CT molecular complexity index is 615. The van der Waals surface area contributed by atoms with Crippen LogP contribution in [0.2, 0.25) is 0 Å². The molecule has 0 aliphatic heterocycles. The van der Waals surface area contributed by atoms with Crippen molar-refractivity contribution in [1.82, 2.24) is 4.98 Å². The number of hydrogen-bond acceptors (Lipinski definition) is 4. The van der Waals surface area contributed by atoms with Gasteiger partial charge in [-0.3, -0.25) is 4.72 Å². The van der Waals surface area contributed by atoms with Crippen molar-refractivity contribution < 1.29 is 8.42 Å². The van der Waals surface area contributed by atoms with Gasteiger partial charge in [0, 0.05) is 5.38 Å². The molecule has 1 aromatic heterocycles. The van der Waals surface area contributed by atoms with Crippen LogP contribution in [0.25, 0.3) is 0 Å². The summed E-state index contributed by atoms with van der Waals surface area (Å²) in [6.07, 6.45) is 0. The van der Waals surface area contributed by atoms with Crippen molar-refractivity contribution in [2.45, 2.75) is 18.7 Å². The molecule has 2 aromatic rings. The molecule has 1 heterocycles. The highest BCUT2D eigenvalue weighted by atomic mass is 32.2. The first-order valence-electron chi connectivity index (χ1n) is 4.99. The second-order valence-corrected chi connectivity index (χ2v) is 6.25. The van der Waals surface area contributed by atoms with Gasteiger partial charge >= 0.3 is 0 Å². The molecule has 0 aliphatic carbocycles. The third-order valence-electron chi connectivity index (χ3n) is 2.17. The molecule has 0 amide bonds. The first-order valence-corrected chi connectivity index (χ1v) is 7.35. The lowest BCUT2D eigenvalue weighted by Crippen LogP contribution is -2.12. The predicted molar refractivity (Wildman–Crippen MR) is 68.8 cm³/mol. The zero-order valence-electron chi connectivity index (χ0n) is 9.47. The summed E-state index contributed by atoms with van der Waals surface area (Å²) in [5, 5.41) is 2.19. The van der Waals surface area contributed by atoms with Gasteiger partial charge in [0.15, 0.2) is 5.13 Å². The van der Waals surface area contributed by atoms with Crippen molar-refractivity contribution in [3.8, 4) is 0 Å². The normalized spacial score (nSPS) is 11.4. The molecular formula is C11H12N2O2S2. The second kappa shape index (κ2) is 4.46. The van der Waals surface area contributed by atoms with Crippen molar-refractivity contribution in [2.75, 3.05) is 4.72 Å². The molecule has 0 radical (unpaired) electrons. The van der Waals surface area contributed by atoms with Crippen LogP contribution in [-0.2, 0) is 10.0 Å². The smallest absolute Gasteiger partial charge is 0.255 e. The second-order valence-electron chi connectivity index (χ2n) is 3.71. The number of anilines is 1. The third kappa shape index (κ3) is 2.83. The van der Waals surface area contributed by atoms with Crippen LogP contribution in [0.3, 0.4) is 0 Å². The third-order valence-corrected chi connectivity index (χ3v) is 4.53. The first kappa shape index (κ1) is 12.1. The van der Waals surface area contributed by atoms with E-state index >= 15 is 0 Å². The molecule has 0 unspecified atom stereocenters. The van der Waals surface area contributed by atoms with Crippen molar-refractivity contribution >= 4 is 26.5 Å². The summed E-state index contributed by atoms with van der Waals surface area (Å²) in [5.74, 6) is 0. The van der Waals surface area contributed by atoms with Crippen LogP contribution < -0.4 is 4.72 Å². The maximum atomic E-state index is 12.0. The quantitative estimate of drug-likeness (QED) is 0.930. The first-order chi connectivity index (χ1) is 7.97. The van der Waals surface area contributed by atoms with Crippen LogP contribution in [0, 0.1) is 13.8 Å². The van der Waals surface area contributed by atoms with E-state index in [4.69, 9.17) is 0 Å². The van der Waals surface area contributed by atoms with E-state index in [1.54, 1.807) is 29.6 Å². The summed E-state index contributed by atoms with van der Waals surface area (Å²) < 4.78 is 26.4. The average molecular weight is 268 g/mol. The summed E-state index contributed by atoms with van der Waals surface area (Å²) in [6, 6.07) is 6.69. The molecule has 0 atom stereocenters. The maximum absolute atomic E-state index is 12.0. The number of hydrogen-bond donors (Lipinski definition) is 1. The zero-order valence-corrected chi connectivity index (χ0v) is 11.1. The molecule has 0 spiro atoms. The number of thiazole rings is 1. The van der Waals surface area contributed by atoms with E-state index < -0.39 is 10.0 Å². The molecule has 90 valence electrons. The minimum Gasteiger partial charge on any atom is -0.255 e. The molecule has 6 heteroatoms. The Kier molecular flexibility index (Phi) is 3.17. The van der Waals surface area contributed by atoms with Gasteiger partial charge in [-0.25, -0.2) is 13.4 Å². The number of aryl methyl sites for hydroxylation is 2. The summed E-state index contributed by atoms with van der Waals surface area (Å²) in [4.78, 5) is 4.31. The summed E-state index contributed by atoms with van der Waals surface area (Å²) in [6.45, 7) is 3.73. The largest absolute Gasteiger partial charge is 0.263 e. The Morgan fingerprint density at radius 3 is 2.35 bits per heavy atom. The van der Waals surface area contributed by atoms with Crippen molar-refractivity contribution in [2.24, 2.45) is 0 Å². The predicted octanol–water partition coefficient (Wildman–Crippen LogP) is 2.56. The molecule has 0 fully saturated rings. The topological polar surface area (TPSA) is 59.1 Å². The van der Waals surface area contributed by atoms with Gasteiger partial charge in [0.05, 0.1) is 10.6 Å². The highest BCUT2D eigenvalue weighted by Gasteiger charge is 2.15. The van der Waals surface area contributed by atoms with Crippen molar-refractivity contribution in [1.29, 1.82) is 0 Å². The number of rotatable bonds is 3. The van der Waals surface area contributed by atoms with Gasteiger partial charge in [-0.15, -0.1) is 11.3 Å². The monoisotopic (exact) mass is 268 g/mol. The Hall–Kier alpha value is -1.40. The van der Waals surface area contributed by atoms with Gasteiger partial charge in [-0.1, -0.05) is 17.7 Å². The highest BCUT2D eigenvalue weighted by molar-refractivity contribution is 7.93. The van der Waals surface area contributed by atoms with E-state index in [2.05, 4.69) is 9.71 Å². The van der Waals surface area contributed by atoms with Gasteiger partial charge in [0.1, 0.15) is 0 Å². The summed E-state index contributed by atoms with van der Waals surface area (Å²) >= 11 is 1.27.